The Kier molecular flexibility index (Phi) is 6.31. The summed E-state index contributed by atoms with van der Waals surface area (Å²) in [5, 5.41) is 12.0. The van der Waals surface area contributed by atoms with Gasteiger partial charge in [-0.05, 0) is 36.6 Å². The van der Waals surface area contributed by atoms with Crippen LogP contribution in [0.5, 0.6) is 5.75 Å². The van der Waals surface area contributed by atoms with Crippen LogP contribution in [0.25, 0.3) is 0 Å². The summed E-state index contributed by atoms with van der Waals surface area (Å²) in [6.07, 6.45) is -0.0624. The first-order valence-corrected chi connectivity index (χ1v) is 6.62. The van der Waals surface area contributed by atoms with Gasteiger partial charge in [-0.2, -0.15) is 5.26 Å². The van der Waals surface area contributed by atoms with Crippen molar-refractivity contribution < 1.29 is 9.13 Å². The van der Waals surface area contributed by atoms with Crippen LogP contribution >= 0.6 is 0 Å². The Morgan fingerprint density at radius 3 is 2.68 bits per heavy atom. The first-order chi connectivity index (χ1) is 9.06. The van der Waals surface area contributed by atoms with E-state index in [1.54, 1.807) is 6.07 Å². The number of hydrogen-bond donors (Lipinski definition) is 1. The average Bonchev–Trinajstić information content (AvgIpc) is 2.37. The second-order valence-electron chi connectivity index (χ2n) is 4.93. The van der Waals surface area contributed by atoms with Crippen molar-refractivity contribution in [3.8, 4) is 11.8 Å². The molecule has 1 unspecified atom stereocenters. The number of nitriles is 1. The van der Waals surface area contributed by atoms with Crippen LogP contribution in [-0.4, -0.2) is 12.6 Å². The van der Waals surface area contributed by atoms with E-state index in [1.807, 2.05) is 19.1 Å². The zero-order valence-electron chi connectivity index (χ0n) is 11.7. The molecule has 1 aromatic rings. The van der Waals surface area contributed by atoms with E-state index in [1.165, 1.54) is 6.07 Å². The van der Waals surface area contributed by atoms with E-state index in [0.29, 0.717) is 18.9 Å². The van der Waals surface area contributed by atoms with Gasteiger partial charge in [0.1, 0.15) is 6.07 Å². The lowest BCUT2D eigenvalue weighted by molar-refractivity contribution is 0.240. The molecule has 1 rings (SSSR count). The largest absolute Gasteiger partial charge is 0.473 e. The highest BCUT2D eigenvalue weighted by molar-refractivity contribution is 5.30. The van der Waals surface area contributed by atoms with Gasteiger partial charge in [-0.15, -0.1) is 0 Å². The van der Waals surface area contributed by atoms with Gasteiger partial charge in [0, 0.05) is 6.54 Å². The summed E-state index contributed by atoms with van der Waals surface area (Å²) >= 11 is 0. The fourth-order valence-electron chi connectivity index (χ4n) is 1.61. The second kappa shape index (κ2) is 7.75. The summed E-state index contributed by atoms with van der Waals surface area (Å²) in [4.78, 5) is 0. The van der Waals surface area contributed by atoms with E-state index in [4.69, 9.17) is 10.00 Å². The third-order valence-corrected chi connectivity index (χ3v) is 2.66. The van der Waals surface area contributed by atoms with Gasteiger partial charge in [0.15, 0.2) is 17.7 Å². The lowest BCUT2D eigenvalue weighted by Crippen LogP contribution is -2.19. The smallest absolute Gasteiger partial charge is 0.184 e. The molecule has 1 aromatic carbocycles. The molecule has 0 aliphatic carbocycles. The Hall–Kier alpha value is -1.60. The molecular weight excluding hydrogens is 243 g/mol. The van der Waals surface area contributed by atoms with Crippen LogP contribution < -0.4 is 10.1 Å². The Bertz CT molecular complexity index is 440. The maximum Gasteiger partial charge on any atom is 0.184 e. The summed E-state index contributed by atoms with van der Waals surface area (Å²) in [5.74, 6) is 0.284. The summed E-state index contributed by atoms with van der Waals surface area (Å²) < 4.78 is 19.1. The van der Waals surface area contributed by atoms with Crippen LogP contribution in [0.2, 0.25) is 0 Å². The highest BCUT2D eigenvalue weighted by Gasteiger charge is 2.10. The monoisotopic (exact) mass is 264 g/mol. The first-order valence-electron chi connectivity index (χ1n) is 6.62. The molecule has 19 heavy (non-hydrogen) atoms. The van der Waals surface area contributed by atoms with Crippen molar-refractivity contribution in [2.75, 3.05) is 6.54 Å². The van der Waals surface area contributed by atoms with Crippen molar-refractivity contribution in [1.29, 1.82) is 5.26 Å². The third kappa shape index (κ3) is 5.27. The standard InChI is InChI=1S/C15H21FN2O/c1-4-13(8-17)19-15-6-5-12(7-14(15)16)10-18-9-11(2)3/h5-7,11,13,18H,4,9-10H2,1-3H3. The molecule has 0 saturated heterocycles. The van der Waals surface area contributed by atoms with Crippen LogP contribution in [0.3, 0.4) is 0 Å². The second-order valence-corrected chi connectivity index (χ2v) is 4.93. The van der Waals surface area contributed by atoms with Gasteiger partial charge in [0.25, 0.3) is 0 Å². The number of ether oxygens (including phenoxy) is 1. The van der Waals surface area contributed by atoms with Gasteiger partial charge in [0.05, 0.1) is 0 Å². The van der Waals surface area contributed by atoms with Crippen molar-refractivity contribution in [2.45, 2.75) is 39.8 Å². The van der Waals surface area contributed by atoms with E-state index in [2.05, 4.69) is 19.2 Å². The van der Waals surface area contributed by atoms with E-state index >= 15 is 0 Å². The molecule has 1 atom stereocenters. The quantitative estimate of drug-likeness (QED) is 0.822. The molecular formula is C15H21FN2O. The number of hydrogen-bond acceptors (Lipinski definition) is 3. The van der Waals surface area contributed by atoms with E-state index in [-0.39, 0.29) is 5.75 Å². The first kappa shape index (κ1) is 15.5. The molecule has 0 heterocycles. The molecule has 0 saturated carbocycles. The fraction of sp³-hybridized carbons (Fsp3) is 0.533. The molecule has 4 heteroatoms. The summed E-state index contributed by atoms with van der Waals surface area (Å²) in [5.41, 5.74) is 0.871. The third-order valence-electron chi connectivity index (χ3n) is 2.66. The Balaban J connectivity index is 2.62. The Morgan fingerprint density at radius 1 is 1.42 bits per heavy atom. The molecule has 1 N–H and O–H groups in total. The molecule has 3 nitrogen and oxygen atoms in total. The van der Waals surface area contributed by atoms with Crippen molar-refractivity contribution in [3.05, 3.63) is 29.6 Å². The van der Waals surface area contributed by atoms with Crippen molar-refractivity contribution in [2.24, 2.45) is 5.92 Å². The van der Waals surface area contributed by atoms with Crippen LogP contribution in [0.1, 0.15) is 32.8 Å². The van der Waals surface area contributed by atoms with Crippen molar-refractivity contribution >= 4 is 0 Å². The molecule has 104 valence electrons. The number of nitrogens with zero attached hydrogens (tertiary/aromatic N) is 1. The molecule has 0 aliphatic heterocycles. The highest BCUT2D eigenvalue weighted by Crippen LogP contribution is 2.20. The minimum atomic E-state index is -0.598. The van der Waals surface area contributed by atoms with Gasteiger partial charge in [-0.3, -0.25) is 0 Å². The lowest BCUT2D eigenvalue weighted by atomic mass is 10.2. The average molecular weight is 264 g/mol. The molecule has 0 aliphatic rings. The van der Waals surface area contributed by atoms with E-state index in [9.17, 15) is 4.39 Å². The molecule has 0 spiro atoms. The fourth-order valence-corrected chi connectivity index (χ4v) is 1.61. The van der Waals surface area contributed by atoms with Gasteiger partial charge in [-0.25, -0.2) is 4.39 Å². The predicted octanol–water partition coefficient (Wildman–Crippen LogP) is 3.25. The molecule has 0 radical (unpaired) electrons. The Labute approximate surface area is 114 Å². The molecule has 0 bridgehead atoms. The van der Waals surface area contributed by atoms with E-state index < -0.39 is 11.9 Å². The van der Waals surface area contributed by atoms with E-state index in [0.717, 1.165) is 12.1 Å². The molecule has 0 aromatic heterocycles. The number of rotatable bonds is 7. The van der Waals surface area contributed by atoms with Crippen molar-refractivity contribution in [1.82, 2.24) is 5.32 Å². The van der Waals surface area contributed by atoms with Gasteiger partial charge < -0.3 is 10.1 Å². The number of halogens is 1. The topological polar surface area (TPSA) is 45.0 Å². The Morgan fingerprint density at radius 2 is 2.16 bits per heavy atom. The summed E-state index contributed by atoms with van der Waals surface area (Å²) in [7, 11) is 0. The number of nitrogens with one attached hydrogen (secondary N) is 1. The SMILES string of the molecule is CCC(C#N)Oc1ccc(CNCC(C)C)cc1F. The van der Waals surface area contributed by atoms with Crippen LogP contribution in [0, 0.1) is 23.1 Å². The zero-order chi connectivity index (χ0) is 14.3. The normalized spacial score (nSPS) is 12.2. The van der Waals surface area contributed by atoms with Crippen LogP contribution in [0.15, 0.2) is 18.2 Å². The summed E-state index contributed by atoms with van der Waals surface area (Å²) in [6.45, 7) is 7.60. The minimum absolute atomic E-state index is 0.140. The lowest BCUT2D eigenvalue weighted by Gasteiger charge is -2.12. The minimum Gasteiger partial charge on any atom is -0.473 e. The maximum atomic E-state index is 13.8. The van der Waals surface area contributed by atoms with Gasteiger partial charge >= 0.3 is 0 Å². The van der Waals surface area contributed by atoms with Crippen LogP contribution in [0.4, 0.5) is 4.39 Å². The summed E-state index contributed by atoms with van der Waals surface area (Å²) in [6, 6.07) is 6.84. The number of benzene rings is 1. The van der Waals surface area contributed by atoms with Crippen LogP contribution in [-0.2, 0) is 6.54 Å². The van der Waals surface area contributed by atoms with Crippen molar-refractivity contribution in [3.63, 3.8) is 0 Å². The van der Waals surface area contributed by atoms with Gasteiger partial charge in [-0.1, -0.05) is 26.8 Å². The molecule has 0 amide bonds. The maximum absolute atomic E-state index is 13.8. The van der Waals surface area contributed by atoms with Gasteiger partial charge in [0.2, 0.25) is 0 Å². The highest BCUT2D eigenvalue weighted by atomic mass is 19.1. The molecule has 0 fully saturated rings. The predicted molar refractivity (Wildman–Crippen MR) is 73.3 cm³/mol. The zero-order valence-corrected chi connectivity index (χ0v) is 11.7.